The third-order valence-electron chi connectivity index (χ3n) is 1.05. The number of halogens is 1. The Kier molecular flexibility index (Phi) is 4.70. The van der Waals surface area contributed by atoms with Crippen LogP contribution >= 0.6 is 11.6 Å². The molecule has 0 aliphatic rings. The summed E-state index contributed by atoms with van der Waals surface area (Å²) in [4.78, 5) is 21.4. The van der Waals surface area contributed by atoms with E-state index in [9.17, 15) is 9.59 Å². The predicted octanol–water partition coefficient (Wildman–Crippen LogP) is 1.63. The van der Waals surface area contributed by atoms with Crippen molar-refractivity contribution in [2.24, 2.45) is 0 Å². The van der Waals surface area contributed by atoms with Gasteiger partial charge in [0.15, 0.2) is 0 Å². The summed E-state index contributed by atoms with van der Waals surface area (Å²) in [6.07, 6.45) is -2.82. The summed E-state index contributed by atoms with van der Waals surface area (Å²) in [6.45, 7) is 4.99. The minimum atomic E-state index is -1.55. The van der Waals surface area contributed by atoms with Gasteiger partial charge < -0.3 is 14.6 Å². The van der Waals surface area contributed by atoms with Crippen LogP contribution in [-0.4, -0.2) is 34.8 Å². The van der Waals surface area contributed by atoms with Gasteiger partial charge in [-0.05, 0) is 20.8 Å². The SMILES string of the molecule is CC(C)(C)OC(=O)C(CCl)OC(=O)O. The zero-order valence-electron chi connectivity index (χ0n) is 8.24. The highest BCUT2D eigenvalue weighted by atomic mass is 35.5. The number of carbonyl (C=O) groups is 2. The van der Waals surface area contributed by atoms with E-state index in [0.717, 1.165) is 0 Å². The lowest BCUT2D eigenvalue weighted by Crippen LogP contribution is -2.35. The molecule has 1 atom stereocenters. The molecule has 0 saturated heterocycles. The highest BCUT2D eigenvalue weighted by Gasteiger charge is 2.27. The lowest BCUT2D eigenvalue weighted by molar-refractivity contribution is -0.164. The van der Waals surface area contributed by atoms with E-state index in [1.165, 1.54) is 0 Å². The largest absolute Gasteiger partial charge is 0.506 e. The first-order valence-corrected chi connectivity index (χ1v) is 4.48. The third kappa shape index (κ3) is 5.64. The lowest BCUT2D eigenvalue weighted by atomic mass is 10.2. The first-order valence-electron chi connectivity index (χ1n) is 3.94. The number of esters is 1. The molecule has 5 nitrogen and oxygen atoms in total. The quantitative estimate of drug-likeness (QED) is 0.583. The fourth-order valence-corrected chi connectivity index (χ4v) is 0.821. The van der Waals surface area contributed by atoms with Crippen LogP contribution in [0.15, 0.2) is 0 Å². The normalized spacial score (nSPS) is 13.1. The fourth-order valence-electron chi connectivity index (χ4n) is 0.632. The molecule has 0 amide bonds. The van der Waals surface area contributed by atoms with Gasteiger partial charge in [0.05, 0.1) is 5.88 Å². The van der Waals surface area contributed by atoms with Crippen molar-refractivity contribution in [3.63, 3.8) is 0 Å². The summed E-state index contributed by atoms with van der Waals surface area (Å²) in [5, 5.41) is 8.27. The molecule has 6 heteroatoms. The Bertz CT molecular complexity index is 220. The molecule has 1 N–H and O–H groups in total. The molecule has 0 aliphatic carbocycles. The zero-order chi connectivity index (χ0) is 11.4. The van der Waals surface area contributed by atoms with Crippen molar-refractivity contribution in [3.05, 3.63) is 0 Å². The van der Waals surface area contributed by atoms with Crippen LogP contribution in [0, 0.1) is 0 Å². The third-order valence-corrected chi connectivity index (χ3v) is 1.33. The van der Waals surface area contributed by atoms with E-state index in [0.29, 0.717) is 0 Å². The van der Waals surface area contributed by atoms with Crippen LogP contribution in [-0.2, 0) is 14.3 Å². The van der Waals surface area contributed by atoms with E-state index >= 15 is 0 Å². The van der Waals surface area contributed by atoms with Gasteiger partial charge in [-0.25, -0.2) is 9.59 Å². The standard InChI is InChI=1S/C8H13ClO5/c1-8(2,3)14-6(10)5(4-9)13-7(11)12/h5H,4H2,1-3H3,(H,11,12). The van der Waals surface area contributed by atoms with E-state index in [1.54, 1.807) is 20.8 Å². The summed E-state index contributed by atoms with van der Waals surface area (Å²) in [7, 11) is 0. The maximum Gasteiger partial charge on any atom is 0.506 e. The monoisotopic (exact) mass is 224 g/mol. The Morgan fingerprint density at radius 3 is 2.21 bits per heavy atom. The van der Waals surface area contributed by atoms with Gasteiger partial charge in [-0.1, -0.05) is 0 Å². The number of rotatable bonds is 3. The van der Waals surface area contributed by atoms with Crippen molar-refractivity contribution in [3.8, 4) is 0 Å². The smallest absolute Gasteiger partial charge is 0.457 e. The summed E-state index contributed by atoms with van der Waals surface area (Å²) >= 11 is 5.35. The molecule has 14 heavy (non-hydrogen) atoms. The molecule has 0 aromatic carbocycles. The van der Waals surface area contributed by atoms with Crippen molar-refractivity contribution in [1.29, 1.82) is 0 Å². The van der Waals surface area contributed by atoms with Gasteiger partial charge in [0, 0.05) is 0 Å². The second kappa shape index (κ2) is 5.05. The molecule has 0 saturated carbocycles. The van der Waals surface area contributed by atoms with Gasteiger partial charge in [0.1, 0.15) is 5.60 Å². The Morgan fingerprint density at radius 1 is 1.43 bits per heavy atom. The summed E-state index contributed by atoms with van der Waals surface area (Å²) in [5.41, 5.74) is -0.691. The highest BCUT2D eigenvalue weighted by Crippen LogP contribution is 2.10. The molecule has 0 aromatic heterocycles. The number of hydrogen-bond acceptors (Lipinski definition) is 4. The number of carbonyl (C=O) groups excluding carboxylic acids is 1. The maximum absolute atomic E-state index is 11.2. The average Bonchev–Trinajstić information content (AvgIpc) is 1.96. The van der Waals surface area contributed by atoms with Gasteiger partial charge in [-0.2, -0.15) is 0 Å². The first kappa shape index (κ1) is 13.0. The molecule has 0 heterocycles. The van der Waals surface area contributed by atoms with Gasteiger partial charge >= 0.3 is 12.1 Å². The predicted molar refractivity (Wildman–Crippen MR) is 49.5 cm³/mol. The van der Waals surface area contributed by atoms with Crippen molar-refractivity contribution in [1.82, 2.24) is 0 Å². The van der Waals surface area contributed by atoms with Crippen LogP contribution in [0.5, 0.6) is 0 Å². The van der Waals surface area contributed by atoms with Gasteiger partial charge in [0.25, 0.3) is 0 Å². The minimum absolute atomic E-state index is 0.263. The molecule has 0 aliphatic heterocycles. The van der Waals surface area contributed by atoms with Crippen molar-refractivity contribution in [2.75, 3.05) is 5.88 Å². The molecule has 0 rings (SSSR count). The van der Waals surface area contributed by atoms with E-state index in [1.807, 2.05) is 0 Å². The molecule has 0 fully saturated rings. The second-order valence-corrected chi connectivity index (χ2v) is 3.87. The van der Waals surface area contributed by atoms with Gasteiger partial charge in [0.2, 0.25) is 6.10 Å². The van der Waals surface area contributed by atoms with Gasteiger partial charge in [-0.15, -0.1) is 11.6 Å². The zero-order valence-corrected chi connectivity index (χ0v) is 9.00. The molecule has 0 spiro atoms. The second-order valence-electron chi connectivity index (χ2n) is 3.56. The lowest BCUT2D eigenvalue weighted by Gasteiger charge is -2.22. The summed E-state index contributed by atoms with van der Waals surface area (Å²) in [5.74, 6) is -1.05. The van der Waals surface area contributed by atoms with Crippen molar-refractivity contribution in [2.45, 2.75) is 32.5 Å². The van der Waals surface area contributed by atoms with Crippen LogP contribution < -0.4 is 0 Å². The number of alkyl halides is 1. The Morgan fingerprint density at radius 2 is 1.93 bits per heavy atom. The Hall–Kier alpha value is -0.970. The number of ether oxygens (including phenoxy) is 2. The van der Waals surface area contributed by atoms with Crippen LogP contribution in [0.4, 0.5) is 4.79 Å². The molecule has 0 radical (unpaired) electrons. The Balaban J connectivity index is 4.25. The van der Waals surface area contributed by atoms with E-state index in [-0.39, 0.29) is 5.88 Å². The van der Waals surface area contributed by atoms with Crippen LogP contribution in [0.2, 0.25) is 0 Å². The number of hydrogen-bond donors (Lipinski definition) is 1. The highest BCUT2D eigenvalue weighted by molar-refractivity contribution is 6.19. The van der Waals surface area contributed by atoms with Crippen molar-refractivity contribution < 1.29 is 24.2 Å². The molecule has 0 aromatic rings. The molecular formula is C8H13ClO5. The van der Waals surface area contributed by atoms with Crippen LogP contribution in [0.3, 0.4) is 0 Å². The number of carboxylic acid groups (broad SMARTS) is 1. The fraction of sp³-hybridized carbons (Fsp3) is 0.750. The summed E-state index contributed by atoms with van der Waals surface area (Å²) in [6, 6.07) is 0. The Labute approximate surface area is 86.9 Å². The molecule has 82 valence electrons. The molecule has 1 unspecified atom stereocenters. The topological polar surface area (TPSA) is 72.8 Å². The van der Waals surface area contributed by atoms with E-state index < -0.39 is 23.8 Å². The summed E-state index contributed by atoms with van der Waals surface area (Å²) < 4.78 is 9.10. The van der Waals surface area contributed by atoms with E-state index in [2.05, 4.69) is 4.74 Å². The maximum atomic E-state index is 11.2. The first-order chi connectivity index (χ1) is 6.26. The minimum Gasteiger partial charge on any atom is -0.457 e. The average molecular weight is 225 g/mol. The van der Waals surface area contributed by atoms with E-state index in [4.69, 9.17) is 21.4 Å². The molecular weight excluding hydrogens is 212 g/mol. The van der Waals surface area contributed by atoms with Gasteiger partial charge in [-0.3, -0.25) is 0 Å². The van der Waals surface area contributed by atoms with Crippen LogP contribution in [0.1, 0.15) is 20.8 Å². The van der Waals surface area contributed by atoms with Crippen LogP contribution in [0.25, 0.3) is 0 Å². The molecule has 0 bridgehead atoms. The van der Waals surface area contributed by atoms with Crippen molar-refractivity contribution >= 4 is 23.7 Å².